The third-order valence-electron chi connectivity index (χ3n) is 2.13. The highest BCUT2D eigenvalue weighted by molar-refractivity contribution is 6.59. The van der Waals surface area contributed by atoms with E-state index in [1.165, 1.54) is 12.7 Å². The van der Waals surface area contributed by atoms with Crippen molar-refractivity contribution >= 4 is 12.6 Å². The number of hydrogen-bond donors (Lipinski definition) is 1. The van der Waals surface area contributed by atoms with E-state index in [4.69, 9.17) is 4.65 Å². The molecule has 1 aromatic carbocycles. The molecule has 0 saturated heterocycles. The first kappa shape index (κ1) is 11.3. The van der Waals surface area contributed by atoms with Crippen molar-refractivity contribution in [2.45, 2.75) is 20.3 Å². The summed E-state index contributed by atoms with van der Waals surface area (Å²) >= 11 is 0. The maximum absolute atomic E-state index is 9.38. The van der Waals surface area contributed by atoms with Crippen molar-refractivity contribution in [1.29, 1.82) is 0 Å². The van der Waals surface area contributed by atoms with Gasteiger partial charge in [0.2, 0.25) is 0 Å². The zero-order valence-electron chi connectivity index (χ0n) is 9.03. The molecule has 0 heterocycles. The van der Waals surface area contributed by atoms with Crippen LogP contribution in [0.2, 0.25) is 0 Å². The summed E-state index contributed by atoms with van der Waals surface area (Å²) in [6.45, 7) is 4.38. The van der Waals surface area contributed by atoms with E-state index in [1.54, 1.807) is 0 Å². The Hall–Kier alpha value is -0.795. The third-order valence-corrected chi connectivity index (χ3v) is 2.13. The summed E-state index contributed by atoms with van der Waals surface area (Å²) in [5.74, 6) is 0.660. The van der Waals surface area contributed by atoms with Crippen LogP contribution in [0.5, 0.6) is 0 Å². The molecule has 1 aromatic rings. The van der Waals surface area contributed by atoms with E-state index in [1.807, 2.05) is 24.3 Å². The molecule has 0 aliphatic carbocycles. The Balaban J connectivity index is 2.68. The van der Waals surface area contributed by atoms with Crippen LogP contribution in [0.25, 0.3) is 0 Å². The molecular weight excluding hydrogens is 175 g/mol. The first-order valence-electron chi connectivity index (χ1n) is 4.93. The van der Waals surface area contributed by atoms with Gasteiger partial charge in [0.05, 0.1) is 0 Å². The second-order valence-electron chi connectivity index (χ2n) is 3.93. The number of benzene rings is 1. The van der Waals surface area contributed by atoms with Gasteiger partial charge >= 0.3 is 7.12 Å². The highest BCUT2D eigenvalue weighted by Gasteiger charge is 2.13. The molecule has 0 atom stereocenters. The molecule has 1 N–H and O–H groups in total. The Morgan fingerprint density at radius 3 is 2.29 bits per heavy atom. The quantitative estimate of drug-likeness (QED) is 0.726. The minimum Gasteiger partial charge on any atom is -0.423 e. The predicted molar refractivity (Wildman–Crippen MR) is 59.6 cm³/mol. The van der Waals surface area contributed by atoms with E-state index in [0.29, 0.717) is 5.92 Å². The van der Waals surface area contributed by atoms with Gasteiger partial charge in [-0.1, -0.05) is 38.1 Å². The molecule has 76 valence electrons. The van der Waals surface area contributed by atoms with E-state index >= 15 is 0 Å². The minimum absolute atomic E-state index is 0.660. The zero-order valence-corrected chi connectivity index (χ0v) is 9.03. The van der Waals surface area contributed by atoms with Gasteiger partial charge in [-0.15, -0.1) is 0 Å². The average molecular weight is 192 g/mol. The van der Waals surface area contributed by atoms with Crippen LogP contribution in [0, 0.1) is 5.92 Å². The molecule has 0 radical (unpaired) electrons. The Morgan fingerprint density at radius 1 is 1.29 bits per heavy atom. The van der Waals surface area contributed by atoms with Crippen LogP contribution in [0.3, 0.4) is 0 Å². The molecule has 14 heavy (non-hydrogen) atoms. The van der Waals surface area contributed by atoms with Gasteiger partial charge in [0.1, 0.15) is 0 Å². The Bertz CT molecular complexity index is 269. The summed E-state index contributed by atoms with van der Waals surface area (Å²) in [6.07, 6.45) is 1.07. The average Bonchev–Trinajstić information content (AvgIpc) is 2.17. The predicted octanol–water partition coefficient (Wildman–Crippen LogP) is 1.22. The summed E-state index contributed by atoms with van der Waals surface area (Å²) in [7, 11) is 0.690. The number of rotatable bonds is 4. The largest absolute Gasteiger partial charge is 0.490 e. The van der Waals surface area contributed by atoms with Crippen molar-refractivity contribution in [2.24, 2.45) is 5.92 Å². The third kappa shape index (κ3) is 3.16. The van der Waals surface area contributed by atoms with Crippen LogP contribution < -0.4 is 5.46 Å². The minimum atomic E-state index is -0.803. The summed E-state index contributed by atoms with van der Waals surface area (Å²) in [4.78, 5) is 0. The summed E-state index contributed by atoms with van der Waals surface area (Å²) in [6, 6.07) is 7.90. The van der Waals surface area contributed by atoms with Gasteiger partial charge in [0.15, 0.2) is 0 Å². The van der Waals surface area contributed by atoms with Gasteiger partial charge in [-0.2, -0.15) is 0 Å². The van der Waals surface area contributed by atoms with E-state index in [-0.39, 0.29) is 0 Å². The highest BCUT2D eigenvalue weighted by atomic mass is 16.5. The van der Waals surface area contributed by atoms with Crippen LogP contribution in [-0.2, 0) is 11.1 Å². The van der Waals surface area contributed by atoms with Crippen LogP contribution in [0.4, 0.5) is 0 Å². The fourth-order valence-electron chi connectivity index (χ4n) is 1.43. The molecule has 2 nitrogen and oxygen atoms in total. The van der Waals surface area contributed by atoms with Gasteiger partial charge in [0, 0.05) is 7.11 Å². The summed E-state index contributed by atoms with van der Waals surface area (Å²) < 4.78 is 4.81. The molecule has 0 unspecified atom stereocenters. The van der Waals surface area contributed by atoms with Gasteiger partial charge in [0.25, 0.3) is 0 Å². The molecule has 0 saturated carbocycles. The van der Waals surface area contributed by atoms with Crippen molar-refractivity contribution in [3.8, 4) is 0 Å². The molecule has 0 fully saturated rings. The lowest BCUT2D eigenvalue weighted by molar-refractivity contribution is 0.341. The second-order valence-corrected chi connectivity index (χ2v) is 3.93. The maximum Gasteiger partial charge on any atom is 0.490 e. The van der Waals surface area contributed by atoms with Crippen LogP contribution in [0.15, 0.2) is 24.3 Å². The molecular formula is C11H17BO2. The normalized spacial score (nSPS) is 10.6. The van der Waals surface area contributed by atoms with Crippen LogP contribution in [-0.4, -0.2) is 19.3 Å². The first-order chi connectivity index (χ1) is 6.63. The van der Waals surface area contributed by atoms with Gasteiger partial charge < -0.3 is 9.68 Å². The molecule has 0 aliphatic rings. The standard InChI is InChI=1S/C11H17BO2/c1-9(2)8-10-4-6-11(7-5-10)12(13)14-3/h4-7,9,13H,8H2,1-3H3. The van der Waals surface area contributed by atoms with Crippen molar-refractivity contribution < 1.29 is 9.68 Å². The van der Waals surface area contributed by atoms with Crippen molar-refractivity contribution in [2.75, 3.05) is 7.11 Å². The monoisotopic (exact) mass is 192 g/mol. The fraction of sp³-hybridized carbons (Fsp3) is 0.455. The molecule has 0 spiro atoms. The van der Waals surface area contributed by atoms with E-state index in [9.17, 15) is 5.02 Å². The molecule has 0 aromatic heterocycles. The summed E-state index contributed by atoms with van der Waals surface area (Å²) in [5.41, 5.74) is 2.10. The Morgan fingerprint density at radius 2 is 1.86 bits per heavy atom. The van der Waals surface area contributed by atoms with E-state index < -0.39 is 7.12 Å². The molecule has 0 bridgehead atoms. The zero-order chi connectivity index (χ0) is 10.6. The van der Waals surface area contributed by atoms with Crippen molar-refractivity contribution in [1.82, 2.24) is 0 Å². The molecule has 0 aliphatic heterocycles. The molecule has 1 rings (SSSR count). The molecule has 0 amide bonds. The Labute approximate surface area is 86.1 Å². The fourth-order valence-corrected chi connectivity index (χ4v) is 1.43. The van der Waals surface area contributed by atoms with E-state index in [2.05, 4.69) is 13.8 Å². The molecule has 3 heteroatoms. The van der Waals surface area contributed by atoms with Crippen molar-refractivity contribution in [3.05, 3.63) is 29.8 Å². The van der Waals surface area contributed by atoms with Crippen LogP contribution in [0.1, 0.15) is 19.4 Å². The van der Waals surface area contributed by atoms with E-state index in [0.717, 1.165) is 11.9 Å². The van der Waals surface area contributed by atoms with Gasteiger partial charge in [-0.25, -0.2) is 0 Å². The van der Waals surface area contributed by atoms with Gasteiger partial charge in [-0.3, -0.25) is 0 Å². The lowest BCUT2D eigenvalue weighted by Gasteiger charge is -2.07. The highest BCUT2D eigenvalue weighted by Crippen LogP contribution is 2.06. The topological polar surface area (TPSA) is 29.5 Å². The lowest BCUT2D eigenvalue weighted by atomic mass is 9.79. The van der Waals surface area contributed by atoms with Crippen molar-refractivity contribution in [3.63, 3.8) is 0 Å². The second kappa shape index (κ2) is 5.18. The van der Waals surface area contributed by atoms with Crippen LogP contribution >= 0.6 is 0 Å². The Kier molecular flexibility index (Phi) is 4.17. The smallest absolute Gasteiger partial charge is 0.423 e. The lowest BCUT2D eigenvalue weighted by Crippen LogP contribution is -2.32. The maximum atomic E-state index is 9.38. The SMILES string of the molecule is COB(O)c1ccc(CC(C)C)cc1. The first-order valence-corrected chi connectivity index (χ1v) is 4.93. The number of hydrogen-bond acceptors (Lipinski definition) is 2. The van der Waals surface area contributed by atoms with Gasteiger partial charge in [-0.05, 0) is 23.4 Å². The summed E-state index contributed by atoms with van der Waals surface area (Å²) in [5, 5.41) is 9.38.